The van der Waals surface area contributed by atoms with Gasteiger partial charge in [0.1, 0.15) is 12.4 Å². The van der Waals surface area contributed by atoms with Crippen LogP contribution < -0.4 is 4.74 Å². The van der Waals surface area contributed by atoms with Gasteiger partial charge in [0, 0.05) is 6.92 Å². The number of aromatic carboxylic acids is 1. The van der Waals surface area contributed by atoms with Crippen molar-refractivity contribution in [3.63, 3.8) is 0 Å². The topological polar surface area (TPSA) is 99.1 Å². The van der Waals surface area contributed by atoms with Crippen LogP contribution in [0.1, 0.15) is 29.8 Å². The highest BCUT2D eigenvalue weighted by Crippen LogP contribution is 2.21. The molecular weight excluding hydrogens is 292 g/mol. The third-order valence-electron chi connectivity index (χ3n) is 2.60. The number of benzene rings is 1. The van der Waals surface area contributed by atoms with Gasteiger partial charge in [0.2, 0.25) is 0 Å². The van der Waals surface area contributed by atoms with Crippen LogP contribution in [-0.4, -0.2) is 42.8 Å². The van der Waals surface area contributed by atoms with Crippen molar-refractivity contribution in [2.75, 3.05) is 19.8 Å². The molecule has 7 heteroatoms. The van der Waals surface area contributed by atoms with Crippen molar-refractivity contribution < 1.29 is 33.7 Å². The summed E-state index contributed by atoms with van der Waals surface area (Å²) in [5.74, 6) is -1.78. The molecule has 0 fully saturated rings. The molecule has 22 heavy (non-hydrogen) atoms. The minimum atomic E-state index is -1.08. The zero-order valence-electron chi connectivity index (χ0n) is 12.5. The summed E-state index contributed by atoms with van der Waals surface area (Å²) in [6.45, 7) is 3.21. The van der Waals surface area contributed by atoms with Crippen LogP contribution >= 0.6 is 0 Å². The smallest absolute Gasteiger partial charge is 0.335 e. The Morgan fingerprint density at radius 3 is 2.55 bits per heavy atom. The first-order valence-corrected chi connectivity index (χ1v) is 6.72. The van der Waals surface area contributed by atoms with Gasteiger partial charge in [-0.05, 0) is 37.1 Å². The lowest BCUT2D eigenvalue weighted by Gasteiger charge is -2.10. The van der Waals surface area contributed by atoms with Crippen LogP contribution in [-0.2, 0) is 25.5 Å². The fourth-order valence-electron chi connectivity index (χ4n) is 1.70. The van der Waals surface area contributed by atoms with Gasteiger partial charge in [-0.3, -0.25) is 4.79 Å². The molecule has 0 unspecified atom stereocenters. The van der Waals surface area contributed by atoms with Crippen molar-refractivity contribution in [1.82, 2.24) is 0 Å². The number of hydrogen-bond acceptors (Lipinski definition) is 6. The molecule has 1 rings (SSSR count). The van der Waals surface area contributed by atoms with Crippen molar-refractivity contribution in [2.45, 2.75) is 20.3 Å². The second-order valence-corrected chi connectivity index (χ2v) is 4.33. The third kappa shape index (κ3) is 5.92. The predicted molar refractivity (Wildman–Crippen MR) is 75.9 cm³/mol. The van der Waals surface area contributed by atoms with Crippen LogP contribution in [0, 0.1) is 0 Å². The third-order valence-corrected chi connectivity index (χ3v) is 2.60. The van der Waals surface area contributed by atoms with E-state index in [0.717, 1.165) is 0 Å². The molecule has 0 heterocycles. The van der Waals surface area contributed by atoms with Crippen LogP contribution in [0.15, 0.2) is 18.2 Å². The number of rotatable bonds is 8. The van der Waals surface area contributed by atoms with E-state index in [1.54, 1.807) is 6.92 Å². The van der Waals surface area contributed by atoms with E-state index < -0.39 is 17.9 Å². The molecule has 0 atom stereocenters. The standard InChI is InChI=1S/C15H18O7/c1-3-21-14(17)9-20-7-6-11-8-12(15(18)19)4-5-13(11)22-10(2)16/h4-5,8H,3,6-7,9H2,1-2H3,(H,18,19). The van der Waals surface area contributed by atoms with E-state index in [1.807, 2.05) is 0 Å². The van der Waals surface area contributed by atoms with Crippen LogP contribution in [0.2, 0.25) is 0 Å². The van der Waals surface area contributed by atoms with E-state index in [4.69, 9.17) is 19.3 Å². The predicted octanol–water partition coefficient (Wildman–Crippen LogP) is 1.43. The molecule has 0 aliphatic carbocycles. The average molecular weight is 310 g/mol. The monoisotopic (exact) mass is 310 g/mol. The van der Waals surface area contributed by atoms with Crippen molar-refractivity contribution in [1.29, 1.82) is 0 Å². The Morgan fingerprint density at radius 2 is 1.95 bits per heavy atom. The highest BCUT2D eigenvalue weighted by atomic mass is 16.6. The highest BCUT2D eigenvalue weighted by Gasteiger charge is 2.11. The molecule has 1 aromatic carbocycles. The first-order chi connectivity index (χ1) is 10.4. The van der Waals surface area contributed by atoms with Gasteiger partial charge in [0.15, 0.2) is 0 Å². The van der Waals surface area contributed by atoms with Gasteiger partial charge in [0.25, 0.3) is 0 Å². The maximum absolute atomic E-state index is 11.1. The number of esters is 2. The fraction of sp³-hybridized carbons (Fsp3) is 0.400. The summed E-state index contributed by atoms with van der Waals surface area (Å²) in [5.41, 5.74) is 0.593. The minimum Gasteiger partial charge on any atom is -0.478 e. The van der Waals surface area contributed by atoms with E-state index in [1.165, 1.54) is 25.1 Å². The maximum atomic E-state index is 11.1. The Bertz CT molecular complexity index is 551. The summed E-state index contributed by atoms with van der Waals surface area (Å²) in [6.07, 6.45) is 0.295. The number of carboxylic acid groups (broad SMARTS) is 1. The normalized spacial score (nSPS) is 10.1. The van der Waals surface area contributed by atoms with Gasteiger partial charge in [-0.1, -0.05) is 0 Å². The molecule has 0 radical (unpaired) electrons. The molecule has 1 aromatic rings. The van der Waals surface area contributed by atoms with E-state index in [-0.39, 0.29) is 31.1 Å². The number of hydrogen-bond donors (Lipinski definition) is 1. The first kappa shape index (κ1) is 17.6. The minimum absolute atomic E-state index is 0.0799. The Kier molecular flexibility index (Phi) is 7.04. The summed E-state index contributed by atoms with van der Waals surface area (Å²) >= 11 is 0. The zero-order valence-corrected chi connectivity index (χ0v) is 12.5. The van der Waals surface area contributed by atoms with Gasteiger partial charge < -0.3 is 19.3 Å². The molecule has 0 bridgehead atoms. The lowest BCUT2D eigenvalue weighted by Crippen LogP contribution is -2.14. The summed E-state index contributed by atoms with van der Waals surface area (Å²) in [5, 5.41) is 8.99. The molecule has 120 valence electrons. The van der Waals surface area contributed by atoms with Gasteiger partial charge in [-0.15, -0.1) is 0 Å². The summed E-state index contributed by atoms with van der Waals surface area (Å²) < 4.78 is 14.9. The highest BCUT2D eigenvalue weighted by molar-refractivity contribution is 5.88. The molecule has 0 aromatic heterocycles. The van der Waals surface area contributed by atoms with Gasteiger partial charge in [-0.2, -0.15) is 0 Å². The van der Waals surface area contributed by atoms with E-state index in [2.05, 4.69) is 0 Å². The number of carbonyl (C=O) groups is 3. The van der Waals surface area contributed by atoms with Gasteiger partial charge >= 0.3 is 17.9 Å². The SMILES string of the molecule is CCOC(=O)COCCc1cc(C(=O)O)ccc1OC(C)=O. The average Bonchev–Trinajstić information content (AvgIpc) is 2.44. The lowest BCUT2D eigenvalue weighted by molar-refractivity contribution is -0.148. The van der Waals surface area contributed by atoms with Crippen molar-refractivity contribution >= 4 is 17.9 Å². The Morgan fingerprint density at radius 1 is 1.23 bits per heavy atom. The second-order valence-electron chi connectivity index (χ2n) is 4.33. The number of carboxylic acids is 1. The first-order valence-electron chi connectivity index (χ1n) is 6.72. The van der Waals surface area contributed by atoms with E-state index >= 15 is 0 Å². The molecule has 0 saturated heterocycles. The molecule has 0 spiro atoms. The van der Waals surface area contributed by atoms with Crippen LogP contribution in [0.25, 0.3) is 0 Å². The molecular formula is C15H18O7. The Balaban J connectivity index is 2.69. The molecule has 0 amide bonds. The quantitative estimate of drug-likeness (QED) is 0.440. The number of carbonyl (C=O) groups excluding carboxylic acids is 2. The van der Waals surface area contributed by atoms with Crippen molar-refractivity contribution in [3.8, 4) is 5.75 Å². The zero-order chi connectivity index (χ0) is 16.5. The molecule has 1 N–H and O–H groups in total. The van der Waals surface area contributed by atoms with E-state index in [0.29, 0.717) is 12.0 Å². The van der Waals surface area contributed by atoms with Crippen LogP contribution in [0.3, 0.4) is 0 Å². The van der Waals surface area contributed by atoms with Gasteiger partial charge in [0.05, 0.1) is 18.8 Å². The number of ether oxygens (including phenoxy) is 3. The lowest BCUT2D eigenvalue weighted by atomic mass is 10.1. The van der Waals surface area contributed by atoms with Crippen LogP contribution in [0.4, 0.5) is 0 Å². The van der Waals surface area contributed by atoms with E-state index in [9.17, 15) is 14.4 Å². The molecule has 7 nitrogen and oxygen atoms in total. The molecule has 0 saturated carbocycles. The summed E-state index contributed by atoms with van der Waals surface area (Å²) in [6, 6.07) is 4.18. The Hall–Kier alpha value is -2.41. The van der Waals surface area contributed by atoms with Crippen LogP contribution in [0.5, 0.6) is 5.75 Å². The summed E-state index contributed by atoms with van der Waals surface area (Å²) in [7, 11) is 0. The van der Waals surface area contributed by atoms with Gasteiger partial charge in [-0.25, -0.2) is 9.59 Å². The molecule has 0 aliphatic heterocycles. The molecule has 0 aliphatic rings. The Labute approximate surface area is 127 Å². The van der Waals surface area contributed by atoms with Crippen molar-refractivity contribution in [3.05, 3.63) is 29.3 Å². The fourth-order valence-corrected chi connectivity index (χ4v) is 1.70. The summed E-state index contributed by atoms with van der Waals surface area (Å²) in [4.78, 5) is 33.1. The second kappa shape index (κ2) is 8.78. The maximum Gasteiger partial charge on any atom is 0.335 e. The van der Waals surface area contributed by atoms with Crippen molar-refractivity contribution in [2.24, 2.45) is 0 Å². The largest absolute Gasteiger partial charge is 0.478 e.